The van der Waals surface area contributed by atoms with E-state index >= 15 is 0 Å². The first kappa shape index (κ1) is 23.4. The van der Waals surface area contributed by atoms with Gasteiger partial charge in [0, 0.05) is 12.1 Å². The van der Waals surface area contributed by atoms with E-state index in [1.807, 2.05) is 0 Å². The van der Waals surface area contributed by atoms with E-state index in [4.69, 9.17) is 0 Å². The van der Waals surface area contributed by atoms with Crippen molar-refractivity contribution < 1.29 is 35.5 Å². The minimum Gasteiger partial charge on any atom is -0.429 e. The first-order valence-corrected chi connectivity index (χ1v) is 10.3. The zero-order valence-corrected chi connectivity index (χ0v) is 17.0. The van der Waals surface area contributed by atoms with Crippen LogP contribution in [0.1, 0.15) is 68.9 Å². The van der Waals surface area contributed by atoms with Crippen LogP contribution in [0.5, 0.6) is 5.75 Å². The summed E-state index contributed by atoms with van der Waals surface area (Å²) < 4.78 is 102. The van der Waals surface area contributed by atoms with Crippen molar-refractivity contribution in [3.05, 3.63) is 64.5 Å². The van der Waals surface area contributed by atoms with Crippen LogP contribution in [0.15, 0.2) is 24.3 Å². The Balaban J connectivity index is 1.78. The number of hydrogen-bond donors (Lipinski definition) is 0. The molecular weight excluding hydrogens is 425 g/mol. The molecule has 0 aliphatic heterocycles. The largest absolute Gasteiger partial charge is 0.432 e. The molecule has 0 radical (unpaired) electrons. The Bertz CT molecular complexity index is 874. The van der Waals surface area contributed by atoms with Crippen LogP contribution in [0.3, 0.4) is 0 Å². The molecule has 0 unspecified atom stereocenters. The summed E-state index contributed by atoms with van der Waals surface area (Å²) in [5.74, 6) is -9.11. The molecule has 2 aromatic rings. The molecule has 0 bridgehead atoms. The van der Waals surface area contributed by atoms with Gasteiger partial charge in [0.15, 0.2) is 17.5 Å². The van der Waals surface area contributed by atoms with Gasteiger partial charge in [-0.05, 0) is 55.2 Å². The van der Waals surface area contributed by atoms with Crippen molar-refractivity contribution in [2.75, 3.05) is 0 Å². The van der Waals surface area contributed by atoms with Gasteiger partial charge in [-0.25, -0.2) is 22.0 Å². The summed E-state index contributed by atoms with van der Waals surface area (Å²) in [6, 6.07) is 2.07. The lowest BCUT2D eigenvalue weighted by Crippen LogP contribution is -2.26. The predicted molar refractivity (Wildman–Crippen MR) is 101 cm³/mol. The highest BCUT2D eigenvalue weighted by atomic mass is 19.3. The third-order valence-corrected chi connectivity index (χ3v) is 5.84. The third kappa shape index (κ3) is 5.33. The molecule has 0 saturated heterocycles. The molecule has 0 heterocycles. The van der Waals surface area contributed by atoms with Gasteiger partial charge >= 0.3 is 6.11 Å². The van der Waals surface area contributed by atoms with Gasteiger partial charge in [-0.1, -0.05) is 26.2 Å². The number of unbranched alkanes of at least 4 members (excludes halogenated alkanes) is 1. The van der Waals surface area contributed by atoms with Crippen molar-refractivity contribution in [2.45, 2.75) is 63.9 Å². The fourth-order valence-electron chi connectivity index (χ4n) is 4.17. The van der Waals surface area contributed by atoms with Crippen LogP contribution in [-0.2, 0) is 6.11 Å². The van der Waals surface area contributed by atoms with Crippen molar-refractivity contribution in [1.29, 1.82) is 0 Å². The van der Waals surface area contributed by atoms with Gasteiger partial charge in [-0.3, -0.25) is 0 Å². The maximum Gasteiger partial charge on any atom is 0.432 e. The van der Waals surface area contributed by atoms with E-state index in [0.717, 1.165) is 44.2 Å². The molecule has 0 N–H and O–H groups in total. The summed E-state index contributed by atoms with van der Waals surface area (Å²) in [5.41, 5.74) is -1.37. The molecule has 1 saturated carbocycles. The lowest BCUT2D eigenvalue weighted by molar-refractivity contribution is -0.189. The number of hydrogen-bond acceptors (Lipinski definition) is 1. The quantitative estimate of drug-likeness (QED) is 0.308. The average molecular weight is 448 g/mol. The average Bonchev–Trinajstić information content (AvgIpc) is 2.69. The highest BCUT2D eigenvalue weighted by Gasteiger charge is 2.42. The molecule has 170 valence electrons. The molecule has 0 aromatic heterocycles. The molecule has 3 rings (SSSR count). The van der Waals surface area contributed by atoms with E-state index in [0.29, 0.717) is 24.3 Å². The van der Waals surface area contributed by atoms with Gasteiger partial charge in [-0.2, -0.15) is 8.78 Å². The SMILES string of the molecule is CCCCC1CCC(c2cc(F)c(C(F)(F)Oc3cc(F)c(F)c(F)c3)c(F)c2)CC1. The smallest absolute Gasteiger partial charge is 0.429 e. The highest BCUT2D eigenvalue weighted by Crippen LogP contribution is 2.41. The summed E-state index contributed by atoms with van der Waals surface area (Å²) in [6.45, 7) is 2.11. The fraction of sp³-hybridized carbons (Fsp3) is 0.478. The van der Waals surface area contributed by atoms with Gasteiger partial charge in [-0.15, -0.1) is 0 Å². The second-order valence-electron chi connectivity index (χ2n) is 8.04. The van der Waals surface area contributed by atoms with Gasteiger partial charge in [0.2, 0.25) is 0 Å². The summed E-state index contributed by atoms with van der Waals surface area (Å²) >= 11 is 0. The molecule has 0 spiro atoms. The van der Waals surface area contributed by atoms with Crippen LogP contribution in [0.4, 0.5) is 30.7 Å². The van der Waals surface area contributed by atoms with Crippen LogP contribution < -0.4 is 4.74 Å². The second kappa shape index (κ2) is 9.49. The fourth-order valence-corrected chi connectivity index (χ4v) is 4.17. The minimum atomic E-state index is -4.57. The first-order valence-electron chi connectivity index (χ1n) is 10.3. The Hall–Kier alpha value is -2.25. The van der Waals surface area contributed by atoms with Crippen molar-refractivity contribution >= 4 is 0 Å². The van der Waals surface area contributed by atoms with Crippen molar-refractivity contribution in [3.63, 3.8) is 0 Å². The topological polar surface area (TPSA) is 9.23 Å². The lowest BCUT2D eigenvalue weighted by atomic mass is 9.77. The van der Waals surface area contributed by atoms with E-state index in [9.17, 15) is 30.7 Å². The Labute approximate surface area is 176 Å². The highest BCUT2D eigenvalue weighted by molar-refractivity contribution is 5.33. The van der Waals surface area contributed by atoms with Crippen LogP contribution in [-0.4, -0.2) is 0 Å². The molecule has 0 amide bonds. The Morgan fingerprint density at radius 1 is 0.839 bits per heavy atom. The van der Waals surface area contributed by atoms with Gasteiger partial charge in [0.05, 0.1) is 0 Å². The van der Waals surface area contributed by atoms with Crippen molar-refractivity contribution in [2.24, 2.45) is 5.92 Å². The number of ether oxygens (including phenoxy) is 1. The molecule has 1 aliphatic carbocycles. The van der Waals surface area contributed by atoms with E-state index in [1.54, 1.807) is 0 Å². The van der Waals surface area contributed by atoms with Crippen LogP contribution in [0.2, 0.25) is 0 Å². The third-order valence-electron chi connectivity index (χ3n) is 5.84. The monoisotopic (exact) mass is 448 g/mol. The van der Waals surface area contributed by atoms with Crippen molar-refractivity contribution in [3.8, 4) is 5.75 Å². The second-order valence-corrected chi connectivity index (χ2v) is 8.04. The number of halogens is 7. The van der Waals surface area contributed by atoms with Gasteiger partial charge in [0.25, 0.3) is 0 Å². The predicted octanol–water partition coefficient (Wildman–Crippen LogP) is 7.97. The molecule has 2 aromatic carbocycles. The number of benzene rings is 2. The summed E-state index contributed by atoms with van der Waals surface area (Å²) in [4.78, 5) is 0. The first-order chi connectivity index (χ1) is 14.6. The summed E-state index contributed by atoms with van der Waals surface area (Å²) in [5, 5.41) is 0. The van der Waals surface area contributed by atoms with E-state index in [-0.39, 0.29) is 18.1 Å². The van der Waals surface area contributed by atoms with E-state index in [1.165, 1.54) is 0 Å². The van der Waals surface area contributed by atoms with E-state index < -0.39 is 46.5 Å². The lowest BCUT2D eigenvalue weighted by Gasteiger charge is -2.29. The molecule has 1 nitrogen and oxygen atoms in total. The summed E-state index contributed by atoms with van der Waals surface area (Å²) in [7, 11) is 0. The minimum absolute atomic E-state index is 0.134. The van der Waals surface area contributed by atoms with Crippen molar-refractivity contribution in [1.82, 2.24) is 0 Å². The normalized spacial score (nSPS) is 19.5. The molecular formula is C23H23F7O. The zero-order valence-electron chi connectivity index (χ0n) is 17.0. The zero-order chi connectivity index (χ0) is 22.8. The van der Waals surface area contributed by atoms with Crippen LogP contribution in [0.25, 0.3) is 0 Å². The Kier molecular flexibility index (Phi) is 7.17. The molecule has 1 fully saturated rings. The van der Waals surface area contributed by atoms with Crippen LogP contribution >= 0.6 is 0 Å². The van der Waals surface area contributed by atoms with Crippen LogP contribution in [0, 0.1) is 35.0 Å². The molecule has 8 heteroatoms. The Morgan fingerprint density at radius 2 is 1.39 bits per heavy atom. The number of alkyl halides is 2. The maximum atomic E-state index is 14.5. The van der Waals surface area contributed by atoms with Gasteiger partial charge < -0.3 is 4.74 Å². The molecule has 1 aliphatic rings. The number of rotatable bonds is 7. The molecule has 0 atom stereocenters. The van der Waals surface area contributed by atoms with E-state index in [2.05, 4.69) is 11.7 Å². The summed E-state index contributed by atoms with van der Waals surface area (Å²) in [6.07, 6.45) is 2.03. The standard InChI is InChI=1S/C23H23F7O/c1-2-3-4-13-5-7-14(8-6-13)15-9-17(24)21(18(25)10-15)23(29,30)31-16-11-19(26)22(28)20(27)12-16/h9-14H,2-8H2,1H3. The molecule has 31 heavy (non-hydrogen) atoms. The maximum absolute atomic E-state index is 14.5. The van der Waals surface area contributed by atoms with Gasteiger partial charge in [0.1, 0.15) is 22.9 Å². The Morgan fingerprint density at radius 3 is 1.90 bits per heavy atom.